The first-order valence-corrected chi connectivity index (χ1v) is 5.24. The van der Waals surface area contributed by atoms with Crippen molar-refractivity contribution in [1.82, 2.24) is 0 Å². The lowest BCUT2D eigenvalue weighted by Gasteiger charge is -1.95. The summed E-state index contributed by atoms with van der Waals surface area (Å²) in [5.41, 5.74) is 1.25. The Hall–Kier alpha value is -0.480. The van der Waals surface area contributed by atoms with Crippen molar-refractivity contribution in [2.75, 3.05) is 0 Å². The molecule has 0 aliphatic carbocycles. The van der Waals surface area contributed by atoms with Crippen molar-refractivity contribution in [3.05, 3.63) is 21.4 Å². The molecule has 66 valence electrons. The summed E-state index contributed by atoms with van der Waals surface area (Å²) in [5.74, 6) is 0.745. The third-order valence-corrected chi connectivity index (χ3v) is 3.12. The molecule has 0 aromatic carbocycles. The summed E-state index contributed by atoms with van der Waals surface area (Å²) in [4.78, 5) is 12.4. The molecule has 0 atom stereocenters. The van der Waals surface area contributed by atoms with E-state index < -0.39 is 0 Å². The number of rotatable bonds is 4. The van der Waals surface area contributed by atoms with Gasteiger partial charge in [0.15, 0.2) is 0 Å². The smallest absolute Gasteiger partial charge is 0.305 e. The molecule has 1 heterocycles. The monoisotopic (exact) mass is 202 g/mol. The number of thiophene rings is 1. The van der Waals surface area contributed by atoms with Gasteiger partial charge in [0.05, 0.1) is 17.8 Å². The van der Waals surface area contributed by atoms with Gasteiger partial charge in [-0.3, -0.25) is 4.79 Å². The van der Waals surface area contributed by atoms with Gasteiger partial charge < -0.3 is 4.18 Å². The van der Waals surface area contributed by atoms with E-state index in [4.69, 9.17) is 0 Å². The van der Waals surface area contributed by atoms with Gasteiger partial charge in [0.1, 0.15) is 0 Å². The molecular formula is C8H10O2S2. The Morgan fingerprint density at radius 2 is 2.42 bits per heavy atom. The van der Waals surface area contributed by atoms with Gasteiger partial charge in [-0.05, 0) is 25.5 Å². The number of carbonyl (C=O) groups is 1. The Morgan fingerprint density at radius 1 is 1.67 bits per heavy atom. The number of aryl methyl sites for hydroxylation is 2. The molecule has 12 heavy (non-hydrogen) atoms. The molecule has 0 saturated heterocycles. The molecule has 0 radical (unpaired) electrons. The quantitative estimate of drug-likeness (QED) is 0.426. The summed E-state index contributed by atoms with van der Waals surface area (Å²) in [5, 5.41) is 0. The zero-order valence-electron chi connectivity index (χ0n) is 6.99. The van der Waals surface area contributed by atoms with E-state index >= 15 is 0 Å². The van der Waals surface area contributed by atoms with E-state index in [1.54, 1.807) is 11.3 Å². The van der Waals surface area contributed by atoms with Gasteiger partial charge in [0.2, 0.25) is 0 Å². The third-order valence-electron chi connectivity index (χ3n) is 1.47. The summed E-state index contributed by atoms with van der Waals surface area (Å²) >= 11 is 2.94. The number of carbonyl (C=O) groups excluding carboxylic acids is 1. The molecule has 0 unspecified atom stereocenters. The van der Waals surface area contributed by atoms with Gasteiger partial charge in [-0.2, -0.15) is 0 Å². The van der Waals surface area contributed by atoms with E-state index in [-0.39, 0.29) is 0 Å². The van der Waals surface area contributed by atoms with E-state index in [1.807, 2.05) is 0 Å². The molecule has 0 spiro atoms. The van der Waals surface area contributed by atoms with Gasteiger partial charge in [0, 0.05) is 9.75 Å². The van der Waals surface area contributed by atoms with Crippen LogP contribution in [0.2, 0.25) is 0 Å². The first kappa shape index (κ1) is 9.61. The summed E-state index contributed by atoms with van der Waals surface area (Å²) in [6.07, 6.45) is 0. The third kappa shape index (κ3) is 2.53. The Morgan fingerprint density at radius 3 is 2.92 bits per heavy atom. The summed E-state index contributed by atoms with van der Waals surface area (Å²) in [6, 6.07) is 2.13. The summed E-state index contributed by atoms with van der Waals surface area (Å²) in [6.45, 7) is 4.61. The summed E-state index contributed by atoms with van der Waals surface area (Å²) < 4.78 is 4.54. The van der Waals surface area contributed by atoms with Gasteiger partial charge in [-0.25, -0.2) is 0 Å². The van der Waals surface area contributed by atoms with Crippen LogP contribution in [0.5, 0.6) is 0 Å². The van der Waals surface area contributed by atoms with Crippen molar-refractivity contribution < 1.29 is 8.98 Å². The largest absolute Gasteiger partial charge is 0.393 e. The first-order valence-electron chi connectivity index (χ1n) is 3.52. The maximum atomic E-state index is 9.84. The Bertz CT molecular complexity index is 268. The lowest BCUT2D eigenvalue weighted by atomic mass is 10.3. The predicted octanol–water partition coefficient (Wildman–Crippen LogP) is 2.69. The molecule has 1 aromatic rings. The molecule has 0 N–H and O–H groups in total. The SMILES string of the molecule is Cc1cc(CSOC=O)c(C)s1. The van der Waals surface area contributed by atoms with Crippen molar-refractivity contribution in [3.8, 4) is 0 Å². The van der Waals surface area contributed by atoms with Crippen molar-refractivity contribution >= 4 is 29.9 Å². The highest BCUT2D eigenvalue weighted by atomic mass is 32.2. The molecule has 0 amide bonds. The molecule has 2 nitrogen and oxygen atoms in total. The Labute approximate surface area is 80.1 Å². The van der Waals surface area contributed by atoms with Crippen LogP contribution in [0.1, 0.15) is 15.3 Å². The summed E-state index contributed by atoms with van der Waals surface area (Å²) in [7, 11) is 0. The topological polar surface area (TPSA) is 26.3 Å². The molecule has 0 saturated carbocycles. The first-order chi connectivity index (χ1) is 5.74. The fourth-order valence-electron chi connectivity index (χ4n) is 0.952. The molecule has 0 aliphatic heterocycles. The highest BCUT2D eigenvalue weighted by Gasteiger charge is 2.02. The standard InChI is InChI=1S/C8H10O2S2/c1-6-3-8(7(2)12-6)4-11-10-5-9/h3,5H,4H2,1-2H3. The number of hydrogen-bond donors (Lipinski definition) is 0. The van der Waals surface area contributed by atoms with Crippen LogP contribution in [0, 0.1) is 13.8 Å². The normalized spacial score (nSPS) is 9.83. The van der Waals surface area contributed by atoms with Gasteiger partial charge in [0.25, 0.3) is 0 Å². The lowest BCUT2D eigenvalue weighted by Crippen LogP contribution is -1.80. The van der Waals surface area contributed by atoms with Crippen LogP contribution in [0.25, 0.3) is 0 Å². The maximum absolute atomic E-state index is 9.84. The Kier molecular flexibility index (Phi) is 3.62. The fourth-order valence-corrected chi connectivity index (χ4v) is 2.54. The van der Waals surface area contributed by atoms with Gasteiger partial charge in [-0.15, -0.1) is 11.3 Å². The zero-order valence-corrected chi connectivity index (χ0v) is 8.63. The average Bonchev–Trinajstić information content (AvgIpc) is 2.31. The van der Waals surface area contributed by atoms with Crippen molar-refractivity contribution in [1.29, 1.82) is 0 Å². The van der Waals surface area contributed by atoms with E-state index in [0.29, 0.717) is 6.47 Å². The molecule has 1 rings (SSSR count). The number of hydrogen-bond acceptors (Lipinski definition) is 4. The molecule has 0 aliphatic rings. The second kappa shape index (κ2) is 4.52. The van der Waals surface area contributed by atoms with Crippen LogP contribution in [-0.2, 0) is 14.7 Å². The van der Waals surface area contributed by atoms with Gasteiger partial charge in [-0.1, -0.05) is 0 Å². The van der Waals surface area contributed by atoms with Crippen LogP contribution in [0.3, 0.4) is 0 Å². The minimum absolute atomic E-state index is 0.458. The van der Waals surface area contributed by atoms with Crippen LogP contribution < -0.4 is 0 Å². The minimum Gasteiger partial charge on any atom is -0.393 e. The highest BCUT2D eigenvalue weighted by Crippen LogP contribution is 2.24. The zero-order chi connectivity index (χ0) is 8.97. The molecule has 0 bridgehead atoms. The lowest BCUT2D eigenvalue weighted by molar-refractivity contribution is -0.119. The second-order valence-electron chi connectivity index (χ2n) is 2.39. The van der Waals surface area contributed by atoms with E-state index in [2.05, 4.69) is 24.1 Å². The van der Waals surface area contributed by atoms with E-state index in [1.165, 1.54) is 27.4 Å². The molecule has 1 aromatic heterocycles. The average molecular weight is 202 g/mol. The fraction of sp³-hybridized carbons (Fsp3) is 0.375. The van der Waals surface area contributed by atoms with E-state index in [9.17, 15) is 4.79 Å². The Balaban J connectivity index is 2.50. The minimum atomic E-state index is 0.458. The van der Waals surface area contributed by atoms with Gasteiger partial charge >= 0.3 is 6.47 Å². The van der Waals surface area contributed by atoms with Crippen molar-refractivity contribution in [2.24, 2.45) is 0 Å². The molecular weight excluding hydrogens is 192 g/mol. The van der Waals surface area contributed by atoms with Crippen LogP contribution in [-0.4, -0.2) is 6.47 Å². The van der Waals surface area contributed by atoms with Crippen molar-refractivity contribution in [3.63, 3.8) is 0 Å². The van der Waals surface area contributed by atoms with Crippen LogP contribution in [0.15, 0.2) is 6.07 Å². The van der Waals surface area contributed by atoms with Crippen LogP contribution in [0.4, 0.5) is 0 Å². The highest BCUT2D eigenvalue weighted by molar-refractivity contribution is 7.94. The van der Waals surface area contributed by atoms with Crippen molar-refractivity contribution in [2.45, 2.75) is 19.6 Å². The molecule has 4 heteroatoms. The molecule has 0 fully saturated rings. The predicted molar refractivity (Wildman–Crippen MR) is 52.2 cm³/mol. The van der Waals surface area contributed by atoms with Crippen LogP contribution >= 0.6 is 23.4 Å². The van der Waals surface area contributed by atoms with E-state index in [0.717, 1.165) is 5.75 Å². The second-order valence-corrected chi connectivity index (χ2v) is 4.57. The maximum Gasteiger partial charge on any atom is 0.305 e.